The van der Waals surface area contributed by atoms with Crippen molar-refractivity contribution in [1.29, 1.82) is 0 Å². The zero-order chi connectivity index (χ0) is 11.4. The van der Waals surface area contributed by atoms with Crippen molar-refractivity contribution in [1.82, 2.24) is 5.32 Å². The van der Waals surface area contributed by atoms with Crippen LogP contribution in [0.25, 0.3) is 0 Å². The lowest BCUT2D eigenvalue weighted by molar-refractivity contribution is 0.0879. The van der Waals surface area contributed by atoms with Gasteiger partial charge in [0.15, 0.2) is 0 Å². The van der Waals surface area contributed by atoms with E-state index in [4.69, 9.17) is 4.74 Å². The molecule has 2 nitrogen and oxygen atoms in total. The minimum Gasteiger partial charge on any atom is -0.382 e. The minimum atomic E-state index is -0.00685. The van der Waals surface area contributed by atoms with E-state index in [1.165, 1.54) is 22.9 Å². The van der Waals surface area contributed by atoms with Gasteiger partial charge in [0.25, 0.3) is 0 Å². The average molecular weight is 284 g/mol. The van der Waals surface area contributed by atoms with Gasteiger partial charge in [-0.05, 0) is 37.4 Å². The highest BCUT2D eigenvalue weighted by Gasteiger charge is 2.34. The van der Waals surface area contributed by atoms with Crippen LogP contribution < -0.4 is 5.32 Å². The highest BCUT2D eigenvalue weighted by molar-refractivity contribution is 9.10. The molecule has 1 saturated heterocycles. The molecule has 1 heterocycles. The molecule has 0 aliphatic carbocycles. The third-order valence-corrected chi connectivity index (χ3v) is 3.97. The molecule has 1 fully saturated rings. The van der Waals surface area contributed by atoms with Crippen LogP contribution in [0.4, 0.5) is 0 Å². The Labute approximate surface area is 106 Å². The molecule has 0 aromatic heterocycles. The summed E-state index contributed by atoms with van der Waals surface area (Å²) in [6.07, 6.45) is 3.66. The lowest BCUT2D eigenvalue weighted by Gasteiger charge is -2.39. The number of rotatable bonds is 3. The molecule has 0 bridgehead atoms. The number of hydrogen-bond donors (Lipinski definition) is 1. The fourth-order valence-corrected chi connectivity index (χ4v) is 3.16. The Balaban J connectivity index is 2.34. The van der Waals surface area contributed by atoms with Gasteiger partial charge in [-0.1, -0.05) is 34.1 Å². The van der Waals surface area contributed by atoms with Gasteiger partial charge in [-0.25, -0.2) is 0 Å². The van der Waals surface area contributed by atoms with E-state index in [0.717, 1.165) is 19.6 Å². The van der Waals surface area contributed by atoms with Gasteiger partial charge in [0, 0.05) is 11.6 Å². The third kappa shape index (κ3) is 2.31. The van der Waals surface area contributed by atoms with Crippen LogP contribution in [0.5, 0.6) is 0 Å². The Hall–Kier alpha value is -0.380. The zero-order valence-electron chi connectivity index (χ0n) is 9.63. The number of benzene rings is 1. The van der Waals surface area contributed by atoms with Crippen molar-refractivity contribution in [2.75, 3.05) is 20.3 Å². The molecule has 88 valence electrons. The Bertz CT molecular complexity index is 342. The maximum absolute atomic E-state index is 5.41. The highest BCUT2D eigenvalue weighted by atomic mass is 79.9. The quantitative estimate of drug-likeness (QED) is 0.921. The lowest BCUT2D eigenvalue weighted by atomic mass is 9.83. The van der Waals surface area contributed by atoms with E-state index >= 15 is 0 Å². The molecular formula is C13H18BrNO. The van der Waals surface area contributed by atoms with Crippen LogP contribution in [-0.4, -0.2) is 20.3 Å². The van der Waals surface area contributed by atoms with Crippen molar-refractivity contribution < 1.29 is 4.74 Å². The molecule has 0 saturated carbocycles. The first kappa shape index (κ1) is 12.1. The number of hydrogen-bond acceptors (Lipinski definition) is 2. The van der Waals surface area contributed by atoms with Gasteiger partial charge in [0.2, 0.25) is 0 Å². The van der Waals surface area contributed by atoms with E-state index in [0.29, 0.717) is 0 Å². The van der Waals surface area contributed by atoms with Gasteiger partial charge in [-0.3, -0.25) is 0 Å². The monoisotopic (exact) mass is 283 g/mol. The summed E-state index contributed by atoms with van der Waals surface area (Å²) in [5, 5.41) is 3.64. The number of halogens is 1. The molecule has 0 spiro atoms. The maximum atomic E-state index is 5.41. The molecule has 16 heavy (non-hydrogen) atoms. The summed E-state index contributed by atoms with van der Waals surface area (Å²) in [7, 11) is 1.77. The second kappa shape index (κ2) is 5.30. The van der Waals surface area contributed by atoms with Crippen LogP contribution in [0.1, 0.15) is 24.8 Å². The van der Waals surface area contributed by atoms with Gasteiger partial charge >= 0.3 is 0 Å². The van der Waals surface area contributed by atoms with Crippen molar-refractivity contribution in [2.45, 2.75) is 24.8 Å². The molecule has 1 N–H and O–H groups in total. The SMILES string of the molecule is COCC1(c2ccccc2Br)CCCCN1. The summed E-state index contributed by atoms with van der Waals surface area (Å²) in [5.41, 5.74) is 1.31. The van der Waals surface area contributed by atoms with Crippen molar-refractivity contribution >= 4 is 15.9 Å². The standard InChI is InChI=1S/C13H18BrNO/c1-16-10-13(8-4-5-9-15-13)11-6-2-3-7-12(11)14/h2-3,6-7,15H,4-5,8-10H2,1H3. The van der Waals surface area contributed by atoms with Crippen LogP contribution in [-0.2, 0) is 10.3 Å². The molecule has 1 aliphatic heterocycles. The van der Waals surface area contributed by atoms with E-state index in [-0.39, 0.29) is 5.54 Å². The Kier molecular flexibility index (Phi) is 4.00. The van der Waals surface area contributed by atoms with Gasteiger partial charge in [0.05, 0.1) is 12.1 Å². The average Bonchev–Trinajstić information content (AvgIpc) is 2.31. The molecule has 0 amide bonds. The predicted octanol–water partition coefficient (Wildman–Crippen LogP) is 3.06. The smallest absolute Gasteiger partial charge is 0.0686 e. The van der Waals surface area contributed by atoms with Gasteiger partial charge in [-0.15, -0.1) is 0 Å². The summed E-state index contributed by atoms with van der Waals surface area (Å²) in [5.74, 6) is 0. The molecule has 1 unspecified atom stereocenters. The van der Waals surface area contributed by atoms with Crippen LogP contribution in [0.2, 0.25) is 0 Å². The fourth-order valence-electron chi connectivity index (χ4n) is 2.49. The van der Waals surface area contributed by atoms with Gasteiger partial charge in [0.1, 0.15) is 0 Å². The van der Waals surface area contributed by atoms with Crippen LogP contribution in [0.3, 0.4) is 0 Å². The summed E-state index contributed by atoms with van der Waals surface area (Å²) in [4.78, 5) is 0. The normalized spacial score (nSPS) is 25.6. The largest absolute Gasteiger partial charge is 0.382 e. The fraction of sp³-hybridized carbons (Fsp3) is 0.538. The first-order valence-corrected chi connectivity index (χ1v) is 6.57. The Morgan fingerprint density at radius 1 is 1.38 bits per heavy atom. The van der Waals surface area contributed by atoms with Crippen LogP contribution in [0, 0.1) is 0 Å². The summed E-state index contributed by atoms with van der Waals surface area (Å²) in [6.45, 7) is 1.81. The van der Waals surface area contributed by atoms with E-state index in [1.54, 1.807) is 7.11 Å². The van der Waals surface area contributed by atoms with E-state index in [1.807, 2.05) is 0 Å². The second-order valence-corrected chi connectivity index (χ2v) is 5.23. The summed E-state index contributed by atoms with van der Waals surface area (Å²) < 4.78 is 6.58. The molecular weight excluding hydrogens is 266 g/mol. The highest BCUT2D eigenvalue weighted by Crippen LogP contribution is 2.35. The zero-order valence-corrected chi connectivity index (χ0v) is 11.2. The number of methoxy groups -OCH3 is 1. The predicted molar refractivity (Wildman–Crippen MR) is 69.5 cm³/mol. The second-order valence-electron chi connectivity index (χ2n) is 4.38. The van der Waals surface area contributed by atoms with Crippen LogP contribution >= 0.6 is 15.9 Å². The van der Waals surface area contributed by atoms with E-state index in [2.05, 4.69) is 45.5 Å². The molecule has 1 atom stereocenters. The molecule has 1 aromatic carbocycles. The van der Waals surface area contributed by atoms with E-state index < -0.39 is 0 Å². The van der Waals surface area contributed by atoms with Crippen molar-refractivity contribution in [3.63, 3.8) is 0 Å². The van der Waals surface area contributed by atoms with Crippen LogP contribution in [0.15, 0.2) is 28.7 Å². The maximum Gasteiger partial charge on any atom is 0.0686 e. The number of nitrogens with one attached hydrogen (secondary N) is 1. The molecule has 0 radical (unpaired) electrons. The topological polar surface area (TPSA) is 21.3 Å². The van der Waals surface area contributed by atoms with E-state index in [9.17, 15) is 0 Å². The summed E-state index contributed by atoms with van der Waals surface area (Å²) >= 11 is 3.64. The molecule has 2 rings (SSSR count). The van der Waals surface area contributed by atoms with Crippen molar-refractivity contribution in [3.8, 4) is 0 Å². The first-order valence-electron chi connectivity index (χ1n) is 5.77. The van der Waals surface area contributed by atoms with Crippen molar-refractivity contribution in [3.05, 3.63) is 34.3 Å². The lowest BCUT2D eigenvalue weighted by Crippen LogP contribution is -2.49. The first-order chi connectivity index (χ1) is 7.78. The van der Waals surface area contributed by atoms with Crippen molar-refractivity contribution in [2.24, 2.45) is 0 Å². The number of piperidine rings is 1. The Morgan fingerprint density at radius 2 is 2.19 bits per heavy atom. The van der Waals surface area contributed by atoms with Gasteiger partial charge < -0.3 is 10.1 Å². The Morgan fingerprint density at radius 3 is 2.81 bits per heavy atom. The molecule has 3 heteroatoms. The number of ether oxygens (including phenoxy) is 1. The third-order valence-electron chi connectivity index (χ3n) is 3.27. The molecule has 1 aromatic rings. The summed E-state index contributed by atoms with van der Waals surface area (Å²) in [6, 6.07) is 8.43. The molecule has 1 aliphatic rings. The minimum absolute atomic E-state index is 0.00685. The van der Waals surface area contributed by atoms with Gasteiger partial charge in [-0.2, -0.15) is 0 Å².